The minimum absolute atomic E-state index is 0.446. The van der Waals surface area contributed by atoms with Crippen molar-refractivity contribution >= 4 is 40.3 Å². The van der Waals surface area contributed by atoms with Gasteiger partial charge in [0, 0.05) is 27.3 Å². The van der Waals surface area contributed by atoms with Gasteiger partial charge in [0.15, 0.2) is 0 Å². The van der Waals surface area contributed by atoms with E-state index in [4.69, 9.17) is 17.3 Å². The van der Waals surface area contributed by atoms with Crippen LogP contribution in [-0.4, -0.2) is 20.9 Å². The summed E-state index contributed by atoms with van der Waals surface area (Å²) in [4.78, 5) is 24.7. The van der Waals surface area contributed by atoms with Gasteiger partial charge in [0.1, 0.15) is 10.9 Å². The van der Waals surface area contributed by atoms with Gasteiger partial charge in [-0.25, -0.2) is 9.97 Å². The zero-order valence-electron chi connectivity index (χ0n) is 16.1. The maximum absolute atomic E-state index is 11.3. The fraction of sp³-hybridized carbons (Fsp3) is 0.136. The molecule has 1 amide bonds. The molecule has 0 unspecified atom stereocenters. The van der Waals surface area contributed by atoms with Crippen LogP contribution in [0.1, 0.15) is 30.6 Å². The number of amides is 1. The van der Waals surface area contributed by atoms with Crippen molar-refractivity contribution in [1.82, 2.24) is 15.0 Å². The molecule has 1 aromatic carbocycles. The van der Waals surface area contributed by atoms with Crippen molar-refractivity contribution < 1.29 is 4.79 Å². The van der Waals surface area contributed by atoms with Crippen molar-refractivity contribution in [2.45, 2.75) is 25.3 Å². The van der Waals surface area contributed by atoms with E-state index in [9.17, 15) is 4.79 Å². The highest BCUT2D eigenvalue weighted by atomic mass is 35.5. The Morgan fingerprint density at radius 1 is 1.17 bits per heavy atom. The summed E-state index contributed by atoms with van der Waals surface area (Å²) >= 11 is 7.60. The van der Waals surface area contributed by atoms with Gasteiger partial charge in [0.25, 0.3) is 0 Å². The molecule has 7 heteroatoms. The number of nitrogens with one attached hydrogen (secondary N) is 1. The summed E-state index contributed by atoms with van der Waals surface area (Å²) < 4.78 is 0. The van der Waals surface area contributed by atoms with Gasteiger partial charge in [-0.1, -0.05) is 49.4 Å². The number of halogens is 1. The number of aromatic amines is 1. The lowest BCUT2D eigenvalue weighted by molar-refractivity contribution is 0.100. The largest absolute Gasteiger partial charge is 0.366 e. The van der Waals surface area contributed by atoms with Crippen molar-refractivity contribution in [3.05, 3.63) is 76.3 Å². The molecule has 3 N–H and O–H groups in total. The molecule has 2 heterocycles. The number of allylic oxidation sites excluding steroid dienone is 5. The lowest BCUT2D eigenvalue weighted by Gasteiger charge is -2.02. The van der Waals surface area contributed by atoms with Crippen LogP contribution in [0.3, 0.4) is 0 Å². The first kappa shape index (κ1) is 20.9. The van der Waals surface area contributed by atoms with E-state index in [1.165, 1.54) is 0 Å². The first-order valence-electron chi connectivity index (χ1n) is 9.26. The van der Waals surface area contributed by atoms with Crippen LogP contribution in [0.15, 0.2) is 75.8 Å². The molecule has 0 aliphatic heterocycles. The van der Waals surface area contributed by atoms with Crippen LogP contribution in [0, 0.1) is 0 Å². The molecule has 1 aliphatic carbocycles. The Bertz CT molecular complexity index is 1110. The summed E-state index contributed by atoms with van der Waals surface area (Å²) in [5, 5.41) is 1.63. The van der Waals surface area contributed by atoms with Gasteiger partial charge in [-0.2, -0.15) is 0 Å². The average molecular weight is 425 g/mol. The van der Waals surface area contributed by atoms with Crippen LogP contribution in [0.5, 0.6) is 0 Å². The maximum atomic E-state index is 11.3. The van der Waals surface area contributed by atoms with Gasteiger partial charge >= 0.3 is 0 Å². The molecular formula is C22H21ClN4OS. The highest BCUT2D eigenvalue weighted by molar-refractivity contribution is 8.03. The standard InChI is InChI=1S/C20H15ClN4OS.C2H6/c21-14-2-1-3-15(7-6-14)27-18-9-5-13(11-23-18)20-24-16-8-4-12(19(22)26)10-17(16)25-20;1-2/h2-11H,1H2,(H2,22,26)(H,24,25);1-2H3. The van der Waals surface area contributed by atoms with E-state index in [-0.39, 0.29) is 0 Å². The number of carbonyl (C=O) groups excluding carboxylic acids is 1. The van der Waals surface area contributed by atoms with Crippen molar-refractivity contribution in [3.8, 4) is 11.4 Å². The van der Waals surface area contributed by atoms with Gasteiger partial charge < -0.3 is 10.7 Å². The Hall–Kier alpha value is -2.83. The molecule has 0 saturated heterocycles. The van der Waals surface area contributed by atoms with E-state index in [1.807, 2.05) is 44.2 Å². The van der Waals surface area contributed by atoms with Crippen LogP contribution < -0.4 is 5.73 Å². The molecule has 0 saturated carbocycles. The minimum Gasteiger partial charge on any atom is -0.366 e. The van der Waals surface area contributed by atoms with Gasteiger partial charge in [0.2, 0.25) is 5.91 Å². The number of benzene rings is 1. The number of fused-ring (bicyclic) bond motifs is 1. The first-order chi connectivity index (χ1) is 14.1. The minimum atomic E-state index is -0.463. The van der Waals surface area contributed by atoms with Gasteiger partial charge in [0.05, 0.1) is 11.0 Å². The second-order valence-electron chi connectivity index (χ2n) is 5.93. The topological polar surface area (TPSA) is 84.7 Å². The number of H-pyrrole nitrogens is 1. The molecule has 4 rings (SSSR count). The summed E-state index contributed by atoms with van der Waals surface area (Å²) in [6.07, 6.45) is 10.5. The molecule has 0 spiro atoms. The quantitative estimate of drug-likeness (QED) is 0.553. The molecule has 0 radical (unpaired) electrons. The number of rotatable bonds is 4. The molecular weight excluding hydrogens is 404 g/mol. The fourth-order valence-electron chi connectivity index (χ4n) is 2.66. The summed E-state index contributed by atoms with van der Waals surface area (Å²) in [5.41, 5.74) is 8.17. The zero-order valence-corrected chi connectivity index (χ0v) is 17.7. The summed E-state index contributed by atoms with van der Waals surface area (Å²) in [5.74, 6) is 0.231. The van der Waals surface area contributed by atoms with E-state index in [0.29, 0.717) is 11.4 Å². The lowest BCUT2D eigenvalue weighted by Crippen LogP contribution is -2.10. The predicted octanol–water partition coefficient (Wildman–Crippen LogP) is 5.81. The monoisotopic (exact) mass is 424 g/mol. The Kier molecular flexibility index (Phi) is 6.90. The number of nitrogens with zero attached hydrogens (tertiary/aromatic N) is 2. The molecule has 1 aliphatic rings. The second kappa shape index (κ2) is 9.58. The Labute approximate surface area is 178 Å². The predicted molar refractivity (Wildman–Crippen MR) is 121 cm³/mol. The number of carbonyl (C=O) groups is 1. The van der Waals surface area contributed by atoms with Crippen molar-refractivity contribution in [3.63, 3.8) is 0 Å². The van der Waals surface area contributed by atoms with Gasteiger partial charge in [-0.3, -0.25) is 4.79 Å². The van der Waals surface area contributed by atoms with E-state index in [2.05, 4.69) is 21.0 Å². The third-order valence-electron chi connectivity index (χ3n) is 4.04. The van der Waals surface area contributed by atoms with Crippen molar-refractivity contribution in [2.24, 2.45) is 5.73 Å². The highest BCUT2D eigenvalue weighted by Crippen LogP contribution is 2.30. The van der Waals surface area contributed by atoms with Crippen LogP contribution in [0.2, 0.25) is 0 Å². The lowest BCUT2D eigenvalue weighted by atomic mass is 10.2. The highest BCUT2D eigenvalue weighted by Gasteiger charge is 2.09. The molecule has 29 heavy (non-hydrogen) atoms. The van der Waals surface area contributed by atoms with Crippen molar-refractivity contribution in [2.75, 3.05) is 0 Å². The Morgan fingerprint density at radius 3 is 2.72 bits per heavy atom. The molecule has 3 aromatic rings. The van der Waals surface area contributed by atoms with Gasteiger partial charge in [-0.15, -0.1) is 0 Å². The number of pyridine rings is 1. The third-order valence-corrected chi connectivity index (χ3v) is 5.31. The molecule has 2 aromatic heterocycles. The number of nitrogens with two attached hydrogens (primary N) is 1. The number of thioether (sulfide) groups is 1. The first-order valence-corrected chi connectivity index (χ1v) is 10.5. The van der Waals surface area contributed by atoms with E-state index >= 15 is 0 Å². The second-order valence-corrected chi connectivity index (χ2v) is 7.46. The number of aromatic nitrogens is 3. The fourth-order valence-corrected chi connectivity index (χ4v) is 3.61. The maximum Gasteiger partial charge on any atom is 0.248 e. The molecule has 5 nitrogen and oxygen atoms in total. The number of primary amides is 1. The van der Waals surface area contributed by atoms with Crippen LogP contribution >= 0.6 is 23.4 Å². The summed E-state index contributed by atoms with van der Waals surface area (Å²) in [7, 11) is 0. The Balaban J connectivity index is 0.00000117. The summed E-state index contributed by atoms with van der Waals surface area (Å²) in [6, 6.07) is 9.07. The van der Waals surface area contributed by atoms with Crippen LogP contribution in [0.25, 0.3) is 22.4 Å². The number of hydrogen-bond acceptors (Lipinski definition) is 4. The van der Waals surface area contributed by atoms with E-state index < -0.39 is 5.91 Å². The Morgan fingerprint density at radius 2 is 2.00 bits per heavy atom. The average Bonchev–Trinajstić information content (AvgIpc) is 3.06. The molecule has 148 valence electrons. The van der Waals surface area contributed by atoms with Crippen LogP contribution in [0.4, 0.5) is 0 Å². The van der Waals surface area contributed by atoms with Gasteiger partial charge in [-0.05, 0) is 48.9 Å². The number of imidazole rings is 1. The zero-order chi connectivity index (χ0) is 20.8. The van der Waals surface area contributed by atoms with Crippen molar-refractivity contribution in [1.29, 1.82) is 0 Å². The third kappa shape index (κ3) is 5.16. The molecule has 0 fully saturated rings. The normalized spacial score (nSPS) is 13.2. The smallest absolute Gasteiger partial charge is 0.248 e. The van der Waals surface area contributed by atoms with E-state index in [0.717, 1.165) is 38.0 Å². The SMILES string of the molecule is CC.NC(=O)c1ccc2nc(-c3ccc(SC4=CCC=C(Cl)C=C4)nc3)[nH]c2c1. The molecule has 0 bridgehead atoms. The molecule has 0 atom stereocenters. The van der Waals surface area contributed by atoms with Crippen LogP contribution in [-0.2, 0) is 0 Å². The summed E-state index contributed by atoms with van der Waals surface area (Å²) in [6.45, 7) is 4.00. The van der Waals surface area contributed by atoms with E-state index in [1.54, 1.807) is 36.2 Å². The number of hydrogen-bond donors (Lipinski definition) is 2.